The summed E-state index contributed by atoms with van der Waals surface area (Å²) in [6, 6.07) is 12.7. The second-order valence-electron chi connectivity index (χ2n) is 5.38. The van der Waals surface area contributed by atoms with Gasteiger partial charge < -0.3 is 0 Å². The van der Waals surface area contributed by atoms with Crippen molar-refractivity contribution >= 4 is 19.1 Å². The Kier molecular flexibility index (Phi) is 5.23. The molecule has 0 heterocycles. The van der Waals surface area contributed by atoms with Crippen LogP contribution in [0.1, 0.15) is 34.0 Å². The van der Waals surface area contributed by atoms with Crippen LogP contribution in [0.3, 0.4) is 0 Å². The Hall–Kier alpha value is -1.83. The third-order valence-corrected chi connectivity index (χ3v) is 5.14. The van der Waals surface area contributed by atoms with E-state index in [9.17, 15) is 9.36 Å². The van der Waals surface area contributed by atoms with E-state index in [1.54, 1.807) is 31.2 Å². The highest BCUT2D eigenvalue weighted by Crippen LogP contribution is 2.26. The molecule has 0 saturated heterocycles. The van der Waals surface area contributed by atoms with Crippen molar-refractivity contribution < 1.29 is 13.9 Å². The van der Waals surface area contributed by atoms with Crippen molar-refractivity contribution in [2.75, 3.05) is 0 Å². The fraction of sp³-hybridized carbons (Fsp3) is 0.278. The molecule has 0 saturated carbocycles. The molecule has 2 atom stereocenters. The smallest absolute Gasteiger partial charge is 0.247 e. The predicted molar refractivity (Wildman–Crippen MR) is 89.2 cm³/mol. The molecular weight excluding hydrogens is 295 g/mol. The van der Waals surface area contributed by atoms with E-state index >= 15 is 0 Å². The molecule has 0 amide bonds. The highest BCUT2D eigenvalue weighted by molar-refractivity contribution is 7.48. The molecule has 115 valence electrons. The summed E-state index contributed by atoms with van der Waals surface area (Å²) in [5, 5.41) is 0.592. The van der Waals surface area contributed by atoms with E-state index < -0.39 is 14.1 Å². The van der Waals surface area contributed by atoms with Crippen molar-refractivity contribution in [3.63, 3.8) is 0 Å². The van der Waals surface area contributed by atoms with E-state index in [2.05, 4.69) is 0 Å². The predicted octanol–water partition coefficient (Wildman–Crippen LogP) is 4.27. The number of Topliss-reactive ketones (excluding diaryl/α,β-unsaturated/α-hetero) is 1. The van der Waals surface area contributed by atoms with Crippen molar-refractivity contribution in [1.82, 2.24) is 0 Å². The number of aryl methyl sites for hydroxylation is 1. The minimum absolute atomic E-state index is 0.139. The van der Waals surface area contributed by atoms with Gasteiger partial charge >= 0.3 is 0 Å². The maximum Gasteiger partial charge on any atom is 0.247 e. The zero-order valence-electron chi connectivity index (χ0n) is 13.3. The van der Waals surface area contributed by atoms with Gasteiger partial charge in [-0.2, -0.15) is 0 Å². The number of rotatable bonds is 5. The summed E-state index contributed by atoms with van der Waals surface area (Å²) in [5.41, 5.74) is 3.84. The average molecular weight is 315 g/mol. The van der Waals surface area contributed by atoms with E-state index in [0.29, 0.717) is 10.9 Å². The first-order valence-electron chi connectivity index (χ1n) is 7.22. The quantitative estimate of drug-likeness (QED) is 0.611. The molecule has 0 aromatic heterocycles. The first-order chi connectivity index (χ1) is 10.4. The molecular formula is C18H20O3P. The summed E-state index contributed by atoms with van der Waals surface area (Å²) in [4.78, 5) is 12.5. The van der Waals surface area contributed by atoms with E-state index in [0.717, 1.165) is 16.7 Å². The Bertz CT molecular complexity index is 708. The van der Waals surface area contributed by atoms with E-state index in [4.69, 9.17) is 4.52 Å². The third-order valence-electron chi connectivity index (χ3n) is 3.91. The molecule has 0 aliphatic heterocycles. The van der Waals surface area contributed by atoms with Gasteiger partial charge in [0.05, 0.1) is 5.30 Å². The van der Waals surface area contributed by atoms with Gasteiger partial charge in [0.1, 0.15) is 6.10 Å². The lowest BCUT2D eigenvalue weighted by atomic mass is 9.95. The van der Waals surface area contributed by atoms with E-state index in [1.807, 2.05) is 39.0 Å². The number of carbonyl (C=O) groups is 1. The first kappa shape index (κ1) is 16.5. The molecule has 0 spiro atoms. The Morgan fingerprint density at radius 1 is 1.00 bits per heavy atom. The molecule has 2 unspecified atom stereocenters. The number of hydrogen-bond acceptors (Lipinski definition) is 3. The molecule has 0 aliphatic carbocycles. The van der Waals surface area contributed by atoms with Crippen LogP contribution in [0.2, 0.25) is 0 Å². The fourth-order valence-electron chi connectivity index (χ4n) is 2.24. The monoisotopic (exact) mass is 315 g/mol. The molecule has 0 fully saturated rings. The zero-order chi connectivity index (χ0) is 16.3. The fourth-order valence-corrected chi connectivity index (χ4v) is 3.16. The minimum atomic E-state index is -2.03. The summed E-state index contributed by atoms with van der Waals surface area (Å²) in [6.45, 7) is 7.59. The van der Waals surface area contributed by atoms with Crippen LogP contribution in [0.5, 0.6) is 0 Å². The van der Waals surface area contributed by atoms with Crippen molar-refractivity contribution in [1.29, 1.82) is 0 Å². The highest BCUT2D eigenvalue weighted by Gasteiger charge is 2.22. The summed E-state index contributed by atoms with van der Waals surface area (Å²) in [6.07, 6.45) is -0.746. The molecule has 1 radical (unpaired) electrons. The van der Waals surface area contributed by atoms with Gasteiger partial charge in [0.25, 0.3) is 0 Å². The number of benzene rings is 2. The summed E-state index contributed by atoms with van der Waals surface area (Å²) in [7, 11) is -2.03. The van der Waals surface area contributed by atoms with Crippen LogP contribution in [-0.2, 0) is 9.09 Å². The normalized spacial score (nSPS) is 12.8. The number of ketones is 1. The average Bonchev–Trinajstić information content (AvgIpc) is 2.53. The lowest BCUT2D eigenvalue weighted by Crippen LogP contribution is -2.21. The van der Waals surface area contributed by atoms with E-state index in [1.165, 1.54) is 0 Å². The van der Waals surface area contributed by atoms with Gasteiger partial charge in [0.2, 0.25) is 8.03 Å². The van der Waals surface area contributed by atoms with Crippen LogP contribution in [-0.4, -0.2) is 11.9 Å². The van der Waals surface area contributed by atoms with Gasteiger partial charge in [-0.15, -0.1) is 0 Å². The van der Waals surface area contributed by atoms with E-state index in [-0.39, 0.29) is 5.78 Å². The Morgan fingerprint density at radius 2 is 1.64 bits per heavy atom. The SMILES string of the molecule is Cc1ccc(C(=O)C(C)O[P](=O)c2ccccc2)c(C)c1C. The van der Waals surface area contributed by atoms with Crippen LogP contribution in [0, 0.1) is 20.8 Å². The van der Waals surface area contributed by atoms with Gasteiger partial charge in [-0.05, 0) is 56.5 Å². The van der Waals surface area contributed by atoms with Gasteiger partial charge in [0, 0.05) is 5.56 Å². The molecule has 2 aromatic carbocycles. The highest BCUT2D eigenvalue weighted by atomic mass is 31.1. The molecule has 2 aromatic rings. The lowest BCUT2D eigenvalue weighted by molar-refractivity contribution is 0.0831. The topological polar surface area (TPSA) is 43.4 Å². The van der Waals surface area contributed by atoms with Gasteiger partial charge in [-0.25, -0.2) is 4.57 Å². The van der Waals surface area contributed by atoms with Gasteiger partial charge in [-0.3, -0.25) is 9.32 Å². The second kappa shape index (κ2) is 6.95. The molecule has 0 bridgehead atoms. The van der Waals surface area contributed by atoms with Crippen molar-refractivity contribution in [2.45, 2.75) is 33.8 Å². The molecule has 22 heavy (non-hydrogen) atoms. The van der Waals surface area contributed by atoms with Crippen molar-refractivity contribution in [3.05, 3.63) is 64.7 Å². The molecule has 0 aliphatic rings. The first-order valence-corrected chi connectivity index (χ1v) is 8.39. The van der Waals surface area contributed by atoms with Crippen LogP contribution in [0.4, 0.5) is 0 Å². The summed E-state index contributed by atoms with van der Waals surface area (Å²) in [5.74, 6) is -0.139. The van der Waals surface area contributed by atoms with Crippen molar-refractivity contribution in [2.24, 2.45) is 0 Å². The van der Waals surface area contributed by atoms with Crippen LogP contribution in [0.25, 0.3) is 0 Å². The minimum Gasteiger partial charge on any atom is -0.291 e. The molecule has 2 rings (SSSR count). The van der Waals surface area contributed by atoms with Crippen LogP contribution >= 0.6 is 8.03 Å². The maximum atomic E-state index is 12.5. The van der Waals surface area contributed by atoms with Gasteiger partial charge in [0.15, 0.2) is 5.78 Å². The molecule has 0 N–H and O–H groups in total. The lowest BCUT2D eigenvalue weighted by Gasteiger charge is -2.15. The summed E-state index contributed by atoms with van der Waals surface area (Å²) >= 11 is 0. The Labute approximate surface area is 132 Å². The molecule has 3 nitrogen and oxygen atoms in total. The number of carbonyl (C=O) groups excluding carboxylic acids is 1. The Morgan fingerprint density at radius 3 is 2.27 bits per heavy atom. The molecule has 4 heteroatoms. The third kappa shape index (κ3) is 3.49. The zero-order valence-corrected chi connectivity index (χ0v) is 14.2. The maximum absolute atomic E-state index is 12.5. The van der Waals surface area contributed by atoms with Crippen molar-refractivity contribution in [3.8, 4) is 0 Å². The van der Waals surface area contributed by atoms with Crippen LogP contribution < -0.4 is 5.30 Å². The number of hydrogen-bond donors (Lipinski definition) is 0. The largest absolute Gasteiger partial charge is 0.291 e. The summed E-state index contributed by atoms with van der Waals surface area (Å²) < 4.78 is 17.6. The second-order valence-corrected chi connectivity index (χ2v) is 6.63. The van der Waals surface area contributed by atoms with Gasteiger partial charge in [-0.1, -0.05) is 30.3 Å². The van der Waals surface area contributed by atoms with Crippen LogP contribution in [0.15, 0.2) is 42.5 Å². The standard InChI is InChI=1S/C18H20O3P/c1-12-10-11-17(14(3)13(12)2)18(19)15(4)21-22(20)16-8-6-5-7-9-16/h5-11,15H,1-4H3. The Balaban J connectivity index is 2.16.